The fraction of sp³-hybridized carbons (Fsp3) is 0.0909. The second kappa shape index (κ2) is 4.49. The first kappa shape index (κ1) is 10.9. The number of ketones is 1. The summed E-state index contributed by atoms with van der Waals surface area (Å²) in [6, 6.07) is 6.76. The smallest absolute Gasteiger partial charge is 0.416 e. The molecule has 0 saturated heterocycles. The van der Waals surface area contributed by atoms with E-state index in [0.29, 0.717) is 11.3 Å². The van der Waals surface area contributed by atoms with Gasteiger partial charge in [0.2, 0.25) is 0 Å². The van der Waals surface area contributed by atoms with E-state index >= 15 is 0 Å². The monoisotopic (exact) mass is 281 g/mol. The van der Waals surface area contributed by atoms with Crippen molar-refractivity contribution in [1.82, 2.24) is 4.57 Å². The summed E-state index contributed by atoms with van der Waals surface area (Å²) < 4.78 is 6.01. The van der Waals surface area contributed by atoms with E-state index in [4.69, 9.17) is 0 Å². The van der Waals surface area contributed by atoms with Gasteiger partial charge in [0.15, 0.2) is 5.78 Å². The van der Waals surface area contributed by atoms with Crippen molar-refractivity contribution in [2.45, 2.75) is 0 Å². The largest absolute Gasteiger partial charge is 0.423 e. The Morgan fingerprint density at radius 1 is 1.31 bits per heavy atom. The molecule has 2 aromatic rings. The Morgan fingerprint density at radius 3 is 2.50 bits per heavy atom. The average Bonchev–Trinajstić information content (AvgIpc) is 2.75. The standard InChI is InChI=1S/C11H8BrNO3/c12-7-10(14)8-1-3-9(4-2-8)13-5-6-16-11(13)15/h1-6H,7H2. The zero-order chi connectivity index (χ0) is 11.5. The molecule has 0 aliphatic rings. The highest BCUT2D eigenvalue weighted by atomic mass is 79.9. The minimum atomic E-state index is -0.445. The number of hydrogen-bond acceptors (Lipinski definition) is 3. The third kappa shape index (κ3) is 1.99. The lowest BCUT2D eigenvalue weighted by Gasteiger charge is -2.01. The van der Waals surface area contributed by atoms with Crippen molar-refractivity contribution in [2.75, 3.05) is 5.33 Å². The topological polar surface area (TPSA) is 52.2 Å². The predicted octanol–water partition coefficient (Wildman–Crippen LogP) is 2.01. The van der Waals surface area contributed by atoms with Crippen LogP contribution in [0.25, 0.3) is 5.69 Å². The van der Waals surface area contributed by atoms with E-state index in [1.165, 1.54) is 17.0 Å². The van der Waals surface area contributed by atoms with E-state index in [1.807, 2.05) is 0 Å². The molecule has 4 nitrogen and oxygen atoms in total. The number of oxazole rings is 1. The van der Waals surface area contributed by atoms with Gasteiger partial charge in [0.1, 0.15) is 6.26 Å². The number of alkyl halides is 1. The zero-order valence-electron chi connectivity index (χ0n) is 8.22. The molecule has 0 fully saturated rings. The van der Waals surface area contributed by atoms with Crippen molar-refractivity contribution in [2.24, 2.45) is 0 Å². The summed E-state index contributed by atoms with van der Waals surface area (Å²) in [7, 11) is 0. The summed E-state index contributed by atoms with van der Waals surface area (Å²) in [6.07, 6.45) is 2.85. The molecule has 16 heavy (non-hydrogen) atoms. The quantitative estimate of drug-likeness (QED) is 0.639. The number of carbonyl (C=O) groups excluding carboxylic acids is 1. The molecule has 0 amide bonds. The van der Waals surface area contributed by atoms with Crippen molar-refractivity contribution in [1.29, 1.82) is 0 Å². The van der Waals surface area contributed by atoms with Crippen LogP contribution in [0.15, 0.2) is 45.9 Å². The van der Waals surface area contributed by atoms with Crippen molar-refractivity contribution in [3.63, 3.8) is 0 Å². The van der Waals surface area contributed by atoms with E-state index in [9.17, 15) is 9.59 Å². The van der Waals surface area contributed by atoms with Crippen LogP contribution in [-0.2, 0) is 0 Å². The Balaban J connectivity index is 2.37. The second-order valence-corrected chi connectivity index (χ2v) is 3.70. The molecular weight excluding hydrogens is 274 g/mol. The van der Waals surface area contributed by atoms with Crippen molar-refractivity contribution in [3.8, 4) is 5.69 Å². The van der Waals surface area contributed by atoms with Gasteiger partial charge in [0.25, 0.3) is 0 Å². The predicted molar refractivity (Wildman–Crippen MR) is 62.4 cm³/mol. The average molecular weight is 282 g/mol. The van der Waals surface area contributed by atoms with Crippen LogP contribution in [0.2, 0.25) is 0 Å². The molecule has 0 atom stereocenters. The third-order valence-corrected chi connectivity index (χ3v) is 2.67. The summed E-state index contributed by atoms with van der Waals surface area (Å²) in [5, 5.41) is 0.290. The zero-order valence-corrected chi connectivity index (χ0v) is 9.81. The fourth-order valence-corrected chi connectivity index (χ4v) is 1.67. The molecule has 1 aromatic carbocycles. The molecule has 0 unspecified atom stereocenters. The molecular formula is C11H8BrNO3. The first-order chi connectivity index (χ1) is 7.72. The van der Waals surface area contributed by atoms with Gasteiger partial charge < -0.3 is 4.42 Å². The van der Waals surface area contributed by atoms with Crippen LogP contribution in [0, 0.1) is 0 Å². The highest BCUT2D eigenvalue weighted by Gasteiger charge is 2.05. The van der Waals surface area contributed by atoms with E-state index in [1.54, 1.807) is 24.3 Å². The molecule has 0 aliphatic carbocycles. The minimum Gasteiger partial charge on any atom is -0.416 e. The Kier molecular flexibility index (Phi) is 3.05. The Labute approximate surface area is 99.6 Å². The van der Waals surface area contributed by atoms with E-state index in [0.717, 1.165) is 0 Å². The second-order valence-electron chi connectivity index (χ2n) is 3.14. The van der Waals surface area contributed by atoms with Crippen LogP contribution in [-0.4, -0.2) is 15.7 Å². The molecule has 0 radical (unpaired) electrons. The van der Waals surface area contributed by atoms with Gasteiger partial charge in [-0.15, -0.1) is 0 Å². The van der Waals surface area contributed by atoms with Gasteiger partial charge in [0, 0.05) is 5.56 Å². The van der Waals surface area contributed by atoms with E-state index < -0.39 is 5.76 Å². The maximum absolute atomic E-state index is 11.3. The van der Waals surface area contributed by atoms with Crippen molar-refractivity contribution >= 4 is 21.7 Å². The van der Waals surface area contributed by atoms with Crippen LogP contribution < -0.4 is 5.76 Å². The van der Waals surface area contributed by atoms with Gasteiger partial charge >= 0.3 is 5.76 Å². The third-order valence-electron chi connectivity index (χ3n) is 2.16. The van der Waals surface area contributed by atoms with Crippen LogP contribution in [0.3, 0.4) is 0 Å². The molecule has 0 spiro atoms. The van der Waals surface area contributed by atoms with Crippen LogP contribution in [0.5, 0.6) is 0 Å². The highest BCUT2D eigenvalue weighted by molar-refractivity contribution is 9.09. The molecule has 0 bridgehead atoms. The molecule has 2 rings (SSSR count). The Morgan fingerprint density at radius 2 is 2.00 bits per heavy atom. The van der Waals surface area contributed by atoms with Gasteiger partial charge in [-0.05, 0) is 24.3 Å². The number of carbonyl (C=O) groups is 1. The fourth-order valence-electron chi connectivity index (χ4n) is 1.34. The van der Waals surface area contributed by atoms with Crippen LogP contribution in [0.1, 0.15) is 10.4 Å². The summed E-state index contributed by atoms with van der Waals surface area (Å²) in [4.78, 5) is 22.6. The molecule has 1 aromatic heterocycles. The summed E-state index contributed by atoms with van der Waals surface area (Å²) >= 11 is 3.10. The Hall–Kier alpha value is -1.62. The summed E-state index contributed by atoms with van der Waals surface area (Å²) in [5.41, 5.74) is 1.28. The minimum absolute atomic E-state index is 0.00564. The number of halogens is 1. The molecule has 0 saturated carbocycles. The van der Waals surface area contributed by atoms with Crippen LogP contribution in [0.4, 0.5) is 0 Å². The van der Waals surface area contributed by atoms with Gasteiger partial charge in [0.05, 0.1) is 17.2 Å². The first-order valence-electron chi connectivity index (χ1n) is 4.58. The van der Waals surface area contributed by atoms with Gasteiger partial charge in [-0.2, -0.15) is 0 Å². The molecule has 0 aliphatic heterocycles. The number of hydrogen-bond donors (Lipinski definition) is 0. The molecule has 0 N–H and O–H groups in total. The molecule has 1 heterocycles. The lowest BCUT2D eigenvalue weighted by molar-refractivity contribution is 0.102. The highest BCUT2D eigenvalue weighted by Crippen LogP contribution is 2.09. The van der Waals surface area contributed by atoms with Gasteiger partial charge in [-0.1, -0.05) is 15.9 Å². The van der Waals surface area contributed by atoms with Gasteiger partial charge in [-0.25, -0.2) is 9.36 Å². The molecule has 82 valence electrons. The van der Waals surface area contributed by atoms with Crippen LogP contribution >= 0.6 is 15.9 Å². The van der Waals surface area contributed by atoms with Crippen molar-refractivity contribution < 1.29 is 9.21 Å². The number of nitrogens with zero attached hydrogens (tertiary/aromatic N) is 1. The lowest BCUT2D eigenvalue weighted by Crippen LogP contribution is -2.11. The summed E-state index contributed by atoms with van der Waals surface area (Å²) in [6.45, 7) is 0. The normalized spacial score (nSPS) is 10.3. The maximum Gasteiger partial charge on any atom is 0.423 e. The first-order valence-corrected chi connectivity index (χ1v) is 5.70. The van der Waals surface area contributed by atoms with Crippen molar-refractivity contribution in [3.05, 3.63) is 52.8 Å². The SMILES string of the molecule is O=C(CBr)c1ccc(-n2ccoc2=O)cc1. The summed E-state index contributed by atoms with van der Waals surface area (Å²) in [5.74, 6) is -0.439. The lowest BCUT2D eigenvalue weighted by atomic mass is 10.1. The number of benzene rings is 1. The maximum atomic E-state index is 11.3. The Bertz CT molecular complexity index is 553. The number of rotatable bonds is 3. The molecule has 5 heteroatoms. The van der Waals surface area contributed by atoms with Gasteiger partial charge in [-0.3, -0.25) is 4.79 Å². The van der Waals surface area contributed by atoms with E-state index in [-0.39, 0.29) is 11.1 Å². The van der Waals surface area contributed by atoms with E-state index in [2.05, 4.69) is 20.3 Å². The number of aromatic nitrogens is 1. The number of Topliss-reactive ketones (excluding diaryl/α,β-unsaturated/α-hetero) is 1.